The molecule has 0 saturated carbocycles. The molecule has 1 aromatic rings. The van der Waals surface area contributed by atoms with Crippen LogP contribution in [0.1, 0.15) is 17.9 Å². The molecule has 0 radical (unpaired) electrons. The number of fused-ring (bicyclic) bond motifs is 1. The number of esters is 1. The number of benzene rings is 1. The van der Waals surface area contributed by atoms with E-state index in [1.54, 1.807) is 7.11 Å². The van der Waals surface area contributed by atoms with Gasteiger partial charge in [0.15, 0.2) is 0 Å². The van der Waals surface area contributed by atoms with Gasteiger partial charge in [-0.05, 0) is 12.1 Å². The lowest BCUT2D eigenvalue weighted by atomic mass is 9.97. The van der Waals surface area contributed by atoms with Gasteiger partial charge in [-0.1, -0.05) is 6.07 Å². The maximum absolute atomic E-state index is 11.3. The van der Waals surface area contributed by atoms with Crippen LogP contribution in [0.5, 0.6) is 11.5 Å². The van der Waals surface area contributed by atoms with Gasteiger partial charge in [-0.2, -0.15) is 0 Å². The molecule has 0 aliphatic carbocycles. The Hall–Kier alpha value is -1.71. The van der Waals surface area contributed by atoms with E-state index in [1.807, 2.05) is 18.2 Å². The third-order valence-corrected chi connectivity index (χ3v) is 2.74. The van der Waals surface area contributed by atoms with Crippen LogP contribution in [0.3, 0.4) is 0 Å². The normalized spacial score (nSPS) is 17.5. The summed E-state index contributed by atoms with van der Waals surface area (Å²) in [4.78, 5) is 11.3. The van der Waals surface area contributed by atoms with Crippen molar-refractivity contribution in [2.75, 3.05) is 20.8 Å². The van der Waals surface area contributed by atoms with Gasteiger partial charge in [0.25, 0.3) is 0 Å². The number of carbonyl (C=O) groups is 1. The number of hydrogen-bond donors (Lipinski definition) is 0. The summed E-state index contributed by atoms with van der Waals surface area (Å²) >= 11 is 0. The molecule has 0 fully saturated rings. The van der Waals surface area contributed by atoms with Crippen molar-refractivity contribution in [1.29, 1.82) is 0 Å². The average Bonchev–Trinajstić information content (AvgIpc) is 2.72. The van der Waals surface area contributed by atoms with Crippen LogP contribution >= 0.6 is 0 Å². The number of carbonyl (C=O) groups excluding carboxylic acids is 1. The molecule has 0 aromatic heterocycles. The maximum Gasteiger partial charge on any atom is 0.306 e. The van der Waals surface area contributed by atoms with Crippen LogP contribution < -0.4 is 9.47 Å². The van der Waals surface area contributed by atoms with Crippen LogP contribution in [0.4, 0.5) is 0 Å². The minimum atomic E-state index is -0.229. The molecule has 0 amide bonds. The van der Waals surface area contributed by atoms with Gasteiger partial charge in [0.2, 0.25) is 0 Å². The van der Waals surface area contributed by atoms with E-state index in [1.165, 1.54) is 7.11 Å². The predicted octanol–water partition coefficient (Wildman–Crippen LogP) is 1.73. The highest BCUT2D eigenvalue weighted by Crippen LogP contribution is 2.41. The molecule has 0 spiro atoms. The largest absolute Gasteiger partial charge is 0.496 e. The van der Waals surface area contributed by atoms with E-state index in [2.05, 4.69) is 4.74 Å². The molecule has 0 unspecified atom stereocenters. The van der Waals surface area contributed by atoms with E-state index in [9.17, 15) is 4.79 Å². The lowest BCUT2D eigenvalue weighted by molar-refractivity contribution is -0.141. The summed E-state index contributed by atoms with van der Waals surface area (Å²) in [5, 5.41) is 0. The van der Waals surface area contributed by atoms with Gasteiger partial charge in [0.05, 0.1) is 27.2 Å². The molecular weight excluding hydrogens is 208 g/mol. The number of methoxy groups -OCH3 is 2. The van der Waals surface area contributed by atoms with E-state index in [4.69, 9.17) is 9.47 Å². The van der Waals surface area contributed by atoms with Crippen molar-refractivity contribution >= 4 is 5.97 Å². The zero-order valence-corrected chi connectivity index (χ0v) is 9.36. The first-order chi connectivity index (χ1) is 7.76. The van der Waals surface area contributed by atoms with Crippen molar-refractivity contribution in [1.82, 2.24) is 0 Å². The number of ether oxygens (including phenoxy) is 3. The van der Waals surface area contributed by atoms with Gasteiger partial charge in [0, 0.05) is 11.5 Å². The SMILES string of the molecule is COC(=O)C[C@H]1COc2cccc(OC)c21. The zero-order chi connectivity index (χ0) is 11.5. The molecule has 0 bridgehead atoms. The molecule has 16 heavy (non-hydrogen) atoms. The van der Waals surface area contributed by atoms with Crippen LogP contribution in [0.2, 0.25) is 0 Å². The summed E-state index contributed by atoms with van der Waals surface area (Å²) in [5.74, 6) is 1.36. The first kappa shape index (κ1) is 10.8. The summed E-state index contributed by atoms with van der Waals surface area (Å²) < 4.78 is 15.4. The highest BCUT2D eigenvalue weighted by atomic mass is 16.5. The van der Waals surface area contributed by atoms with Gasteiger partial charge in [-0.15, -0.1) is 0 Å². The van der Waals surface area contributed by atoms with Crippen molar-refractivity contribution in [2.24, 2.45) is 0 Å². The minimum Gasteiger partial charge on any atom is -0.496 e. The van der Waals surface area contributed by atoms with E-state index in [0.29, 0.717) is 13.0 Å². The average molecular weight is 222 g/mol. The summed E-state index contributed by atoms with van der Waals surface area (Å²) in [6, 6.07) is 5.63. The Kier molecular flexibility index (Phi) is 2.99. The van der Waals surface area contributed by atoms with Crippen LogP contribution in [0.15, 0.2) is 18.2 Å². The van der Waals surface area contributed by atoms with Crippen molar-refractivity contribution in [2.45, 2.75) is 12.3 Å². The summed E-state index contributed by atoms with van der Waals surface area (Å²) in [5.41, 5.74) is 0.968. The second-order valence-electron chi connectivity index (χ2n) is 3.66. The molecule has 0 saturated heterocycles. The zero-order valence-electron chi connectivity index (χ0n) is 9.36. The van der Waals surface area contributed by atoms with E-state index >= 15 is 0 Å². The fourth-order valence-corrected chi connectivity index (χ4v) is 1.95. The Balaban J connectivity index is 2.27. The standard InChI is InChI=1S/C12H14O4/c1-14-9-4-3-5-10-12(9)8(7-16-10)6-11(13)15-2/h3-5,8H,6-7H2,1-2H3/t8-/m0/s1. The monoisotopic (exact) mass is 222 g/mol. The molecule has 4 heteroatoms. The maximum atomic E-state index is 11.3. The lowest BCUT2D eigenvalue weighted by Crippen LogP contribution is -2.10. The Morgan fingerprint density at radius 2 is 2.31 bits per heavy atom. The van der Waals surface area contributed by atoms with Crippen LogP contribution in [-0.2, 0) is 9.53 Å². The number of rotatable bonds is 3. The second-order valence-corrected chi connectivity index (χ2v) is 3.66. The minimum absolute atomic E-state index is 0.0265. The van der Waals surface area contributed by atoms with Crippen molar-refractivity contribution in [3.05, 3.63) is 23.8 Å². The fourth-order valence-electron chi connectivity index (χ4n) is 1.95. The summed E-state index contributed by atoms with van der Waals surface area (Å²) in [6.07, 6.45) is 0.323. The van der Waals surface area contributed by atoms with Gasteiger partial charge >= 0.3 is 5.97 Å². The quantitative estimate of drug-likeness (QED) is 0.731. The van der Waals surface area contributed by atoms with E-state index < -0.39 is 0 Å². The first-order valence-corrected chi connectivity index (χ1v) is 5.12. The van der Waals surface area contributed by atoms with E-state index in [-0.39, 0.29) is 11.9 Å². The van der Waals surface area contributed by atoms with Gasteiger partial charge in [0.1, 0.15) is 11.5 Å². The Bertz CT molecular complexity index is 400. The Labute approximate surface area is 94.1 Å². The lowest BCUT2D eigenvalue weighted by Gasteiger charge is -2.10. The van der Waals surface area contributed by atoms with Crippen molar-refractivity contribution in [3.63, 3.8) is 0 Å². The molecule has 1 aromatic carbocycles. The molecule has 1 aliphatic rings. The third kappa shape index (κ3) is 1.83. The molecule has 0 N–H and O–H groups in total. The molecule has 4 nitrogen and oxygen atoms in total. The molecular formula is C12H14O4. The van der Waals surface area contributed by atoms with Crippen LogP contribution in [0.25, 0.3) is 0 Å². The molecule has 86 valence electrons. The molecule has 1 heterocycles. The fraction of sp³-hybridized carbons (Fsp3) is 0.417. The van der Waals surface area contributed by atoms with Gasteiger partial charge in [-0.3, -0.25) is 4.79 Å². The Morgan fingerprint density at radius 3 is 3.00 bits per heavy atom. The molecule has 1 atom stereocenters. The van der Waals surface area contributed by atoms with E-state index in [0.717, 1.165) is 17.1 Å². The summed E-state index contributed by atoms with van der Waals surface area (Å²) in [7, 11) is 3.00. The smallest absolute Gasteiger partial charge is 0.306 e. The second kappa shape index (κ2) is 4.43. The topological polar surface area (TPSA) is 44.8 Å². The first-order valence-electron chi connectivity index (χ1n) is 5.12. The van der Waals surface area contributed by atoms with Crippen LogP contribution in [-0.4, -0.2) is 26.8 Å². The van der Waals surface area contributed by atoms with Crippen molar-refractivity contribution < 1.29 is 19.0 Å². The third-order valence-electron chi connectivity index (χ3n) is 2.74. The Morgan fingerprint density at radius 1 is 1.50 bits per heavy atom. The number of hydrogen-bond acceptors (Lipinski definition) is 4. The summed E-state index contributed by atoms with van der Waals surface area (Å²) in [6.45, 7) is 0.505. The predicted molar refractivity (Wildman–Crippen MR) is 57.9 cm³/mol. The van der Waals surface area contributed by atoms with Gasteiger partial charge < -0.3 is 14.2 Å². The molecule has 2 rings (SSSR count). The van der Waals surface area contributed by atoms with Gasteiger partial charge in [-0.25, -0.2) is 0 Å². The highest BCUT2D eigenvalue weighted by Gasteiger charge is 2.29. The van der Waals surface area contributed by atoms with Crippen LogP contribution in [0, 0.1) is 0 Å². The highest BCUT2D eigenvalue weighted by molar-refractivity contribution is 5.71. The molecule has 1 aliphatic heterocycles. The van der Waals surface area contributed by atoms with Crippen molar-refractivity contribution in [3.8, 4) is 11.5 Å².